The highest BCUT2D eigenvalue weighted by atomic mass is 16.7. The summed E-state index contributed by atoms with van der Waals surface area (Å²) in [6, 6.07) is 0. The van der Waals surface area contributed by atoms with Gasteiger partial charge in [-0.25, -0.2) is 4.79 Å². The van der Waals surface area contributed by atoms with Crippen LogP contribution in [-0.2, 0) is 23.8 Å². The van der Waals surface area contributed by atoms with Gasteiger partial charge in [-0.2, -0.15) is 0 Å². The molecule has 0 aromatic carbocycles. The molecule has 29 heavy (non-hydrogen) atoms. The highest BCUT2D eigenvalue weighted by Crippen LogP contribution is 2.56. The summed E-state index contributed by atoms with van der Waals surface area (Å²) < 4.78 is 16.8. The summed E-state index contributed by atoms with van der Waals surface area (Å²) in [6.07, 6.45) is 9.69. The van der Waals surface area contributed by atoms with Gasteiger partial charge in [0, 0.05) is 5.57 Å². The zero-order valence-corrected chi connectivity index (χ0v) is 18.0. The quantitative estimate of drug-likeness (QED) is 0.268. The van der Waals surface area contributed by atoms with Crippen molar-refractivity contribution < 1.29 is 23.8 Å². The number of hydrogen-bond acceptors (Lipinski definition) is 5. The van der Waals surface area contributed by atoms with Gasteiger partial charge in [0.15, 0.2) is 6.79 Å². The summed E-state index contributed by atoms with van der Waals surface area (Å²) in [4.78, 5) is 24.2. The van der Waals surface area contributed by atoms with E-state index in [1.807, 2.05) is 6.92 Å². The van der Waals surface area contributed by atoms with Gasteiger partial charge < -0.3 is 14.2 Å². The minimum atomic E-state index is -0.511. The fourth-order valence-electron chi connectivity index (χ4n) is 6.59. The van der Waals surface area contributed by atoms with E-state index in [0.717, 1.165) is 30.3 Å². The van der Waals surface area contributed by atoms with Gasteiger partial charge in [0.2, 0.25) is 0 Å². The predicted molar refractivity (Wildman–Crippen MR) is 109 cm³/mol. The first-order chi connectivity index (χ1) is 13.8. The van der Waals surface area contributed by atoms with E-state index in [1.54, 1.807) is 6.92 Å². The van der Waals surface area contributed by atoms with E-state index in [9.17, 15) is 9.59 Å². The summed E-state index contributed by atoms with van der Waals surface area (Å²) in [7, 11) is 0. The third-order valence-corrected chi connectivity index (χ3v) is 8.08. The number of esters is 2. The Morgan fingerprint density at radius 2 is 1.59 bits per heavy atom. The first-order valence-corrected chi connectivity index (χ1v) is 11.5. The molecule has 0 N–H and O–H groups in total. The molecule has 0 saturated heterocycles. The maximum Gasteiger partial charge on any atom is 0.333 e. The number of ether oxygens (including phenoxy) is 3. The molecule has 0 unspecified atom stereocenters. The number of rotatable bonds is 7. The fourth-order valence-corrected chi connectivity index (χ4v) is 6.59. The van der Waals surface area contributed by atoms with Crippen LogP contribution in [0.15, 0.2) is 12.2 Å². The van der Waals surface area contributed by atoms with Crippen molar-refractivity contribution in [2.45, 2.75) is 77.2 Å². The second-order valence-electron chi connectivity index (χ2n) is 10.4. The van der Waals surface area contributed by atoms with Gasteiger partial charge in [0.1, 0.15) is 5.60 Å². The summed E-state index contributed by atoms with van der Waals surface area (Å²) >= 11 is 0. The van der Waals surface area contributed by atoms with Crippen molar-refractivity contribution >= 4 is 11.9 Å². The highest BCUT2D eigenvalue weighted by Gasteiger charge is 2.48. The summed E-state index contributed by atoms with van der Waals surface area (Å²) in [5.41, 5.74) is -0.105. The molecule has 4 bridgehead atoms. The number of hydrogen-bond donors (Lipinski definition) is 0. The molecule has 0 spiro atoms. The van der Waals surface area contributed by atoms with Gasteiger partial charge >= 0.3 is 11.9 Å². The van der Waals surface area contributed by atoms with E-state index in [0.29, 0.717) is 37.2 Å². The van der Waals surface area contributed by atoms with Crippen molar-refractivity contribution in [2.24, 2.45) is 35.5 Å². The van der Waals surface area contributed by atoms with Crippen LogP contribution in [0.1, 0.15) is 71.6 Å². The SMILES string of the molecule is C=C(C)C(=O)OC1(C)CCC(C(=O)OCOCC2C3CC4CC(C3)CC2C4)CC1. The van der Waals surface area contributed by atoms with Crippen molar-refractivity contribution in [1.82, 2.24) is 0 Å². The molecule has 5 nitrogen and oxygen atoms in total. The second-order valence-corrected chi connectivity index (χ2v) is 10.4. The average Bonchev–Trinajstić information content (AvgIpc) is 2.66. The third-order valence-electron chi connectivity index (χ3n) is 8.08. The number of carbonyl (C=O) groups excluding carboxylic acids is 2. The lowest BCUT2D eigenvalue weighted by molar-refractivity contribution is -0.170. The molecule has 5 aliphatic carbocycles. The van der Waals surface area contributed by atoms with E-state index in [-0.39, 0.29) is 24.6 Å². The standard InChI is InChI=1S/C24H36O5/c1-15(2)22(25)29-24(3)6-4-18(5-7-24)23(26)28-14-27-13-21-19-9-16-8-17(11-19)12-20(21)10-16/h16-21H,1,4-14H2,2-3H3. The molecular formula is C24H36O5. The smallest absolute Gasteiger partial charge is 0.333 e. The monoisotopic (exact) mass is 404 g/mol. The molecule has 0 amide bonds. The Kier molecular flexibility index (Phi) is 6.06. The highest BCUT2D eigenvalue weighted by molar-refractivity contribution is 5.87. The van der Waals surface area contributed by atoms with Crippen LogP contribution in [-0.4, -0.2) is 30.9 Å². The van der Waals surface area contributed by atoms with Gasteiger partial charge in [0.05, 0.1) is 12.5 Å². The van der Waals surface area contributed by atoms with Crippen LogP contribution in [0.4, 0.5) is 0 Å². The number of carbonyl (C=O) groups is 2. The largest absolute Gasteiger partial charge is 0.456 e. The predicted octanol–water partition coefficient (Wildman–Crippen LogP) is 4.64. The molecule has 5 saturated carbocycles. The zero-order chi connectivity index (χ0) is 20.6. The normalized spacial score (nSPS) is 40.5. The maximum atomic E-state index is 12.4. The van der Waals surface area contributed by atoms with Gasteiger partial charge in [-0.05, 0) is 101 Å². The van der Waals surface area contributed by atoms with Crippen LogP contribution < -0.4 is 0 Å². The Morgan fingerprint density at radius 3 is 2.14 bits per heavy atom. The lowest BCUT2D eigenvalue weighted by Crippen LogP contribution is -2.46. The molecule has 5 rings (SSSR count). The topological polar surface area (TPSA) is 61.8 Å². The van der Waals surface area contributed by atoms with E-state index in [1.165, 1.54) is 32.1 Å². The summed E-state index contributed by atoms with van der Waals surface area (Å²) in [5, 5.41) is 0. The molecule has 0 heterocycles. The molecular weight excluding hydrogens is 368 g/mol. The van der Waals surface area contributed by atoms with Crippen LogP contribution in [0.2, 0.25) is 0 Å². The van der Waals surface area contributed by atoms with E-state index >= 15 is 0 Å². The first kappa shape index (κ1) is 20.9. The maximum absolute atomic E-state index is 12.4. The Bertz CT molecular complexity index is 618. The lowest BCUT2D eigenvalue weighted by Gasteiger charge is -2.54. The molecule has 5 aliphatic rings. The Morgan fingerprint density at radius 1 is 1.00 bits per heavy atom. The van der Waals surface area contributed by atoms with E-state index in [2.05, 4.69) is 6.58 Å². The average molecular weight is 405 g/mol. The molecule has 0 radical (unpaired) electrons. The van der Waals surface area contributed by atoms with Gasteiger partial charge in [-0.15, -0.1) is 0 Å². The van der Waals surface area contributed by atoms with Gasteiger partial charge in [0.25, 0.3) is 0 Å². The third kappa shape index (κ3) is 4.70. The lowest BCUT2D eigenvalue weighted by atomic mass is 9.52. The summed E-state index contributed by atoms with van der Waals surface area (Å²) in [5.74, 6) is 3.61. The summed E-state index contributed by atoms with van der Waals surface area (Å²) in [6.45, 7) is 8.02. The molecule has 0 atom stereocenters. The fraction of sp³-hybridized carbons (Fsp3) is 0.833. The minimum absolute atomic E-state index is 0.0695. The Hall–Kier alpha value is -1.36. The van der Waals surface area contributed by atoms with Crippen LogP contribution in [0.5, 0.6) is 0 Å². The van der Waals surface area contributed by atoms with Gasteiger partial charge in [-0.3, -0.25) is 4.79 Å². The van der Waals surface area contributed by atoms with Crippen LogP contribution in [0.3, 0.4) is 0 Å². The second kappa shape index (κ2) is 8.41. The minimum Gasteiger partial charge on any atom is -0.456 e. The van der Waals surface area contributed by atoms with Crippen molar-refractivity contribution in [3.63, 3.8) is 0 Å². The van der Waals surface area contributed by atoms with Crippen molar-refractivity contribution in [1.29, 1.82) is 0 Å². The molecule has 162 valence electrons. The van der Waals surface area contributed by atoms with Crippen molar-refractivity contribution in [3.05, 3.63) is 12.2 Å². The molecule has 5 fully saturated rings. The van der Waals surface area contributed by atoms with Crippen LogP contribution >= 0.6 is 0 Å². The molecule has 5 heteroatoms. The molecule has 0 aromatic heterocycles. The van der Waals surface area contributed by atoms with Crippen molar-refractivity contribution in [3.8, 4) is 0 Å². The molecule has 0 aromatic rings. The van der Waals surface area contributed by atoms with Crippen LogP contribution in [0, 0.1) is 35.5 Å². The van der Waals surface area contributed by atoms with Crippen molar-refractivity contribution in [2.75, 3.05) is 13.4 Å². The molecule has 0 aliphatic heterocycles. The van der Waals surface area contributed by atoms with E-state index in [4.69, 9.17) is 14.2 Å². The zero-order valence-electron chi connectivity index (χ0n) is 18.0. The Labute approximate surface area is 174 Å². The Balaban J connectivity index is 1.15. The van der Waals surface area contributed by atoms with Crippen LogP contribution in [0.25, 0.3) is 0 Å². The van der Waals surface area contributed by atoms with Gasteiger partial charge in [-0.1, -0.05) is 6.58 Å². The first-order valence-electron chi connectivity index (χ1n) is 11.5. The van der Waals surface area contributed by atoms with E-state index < -0.39 is 5.60 Å².